The molecule has 2 aromatic carbocycles. The number of aliphatic hydroxyl groups excluding tert-OH is 1. The first-order valence-electron chi connectivity index (χ1n) is 11.4. The summed E-state index contributed by atoms with van der Waals surface area (Å²) >= 11 is 0. The molecule has 2 aromatic heterocycles. The van der Waals surface area contributed by atoms with Crippen molar-refractivity contribution in [1.29, 1.82) is 0 Å². The molecule has 0 bridgehead atoms. The summed E-state index contributed by atoms with van der Waals surface area (Å²) in [4.78, 5) is 35.0. The summed E-state index contributed by atoms with van der Waals surface area (Å²) in [6.45, 7) is 2.11. The third kappa shape index (κ3) is 3.00. The van der Waals surface area contributed by atoms with E-state index >= 15 is 0 Å². The van der Waals surface area contributed by atoms with E-state index in [0.717, 1.165) is 25.0 Å². The molecule has 2 atom stereocenters. The molecular weight excluding hydrogens is 442 g/mol. The number of benzene rings is 2. The predicted octanol–water partition coefficient (Wildman–Crippen LogP) is 3.59. The van der Waals surface area contributed by atoms with Crippen LogP contribution in [0.2, 0.25) is 0 Å². The highest BCUT2D eigenvalue weighted by Gasteiger charge is 2.32. The summed E-state index contributed by atoms with van der Waals surface area (Å²) in [6, 6.07) is 5.64. The van der Waals surface area contributed by atoms with Crippen LogP contribution in [0.5, 0.6) is 0 Å². The first kappa shape index (κ1) is 21.0. The van der Waals surface area contributed by atoms with Gasteiger partial charge in [0.05, 0.1) is 29.0 Å². The Labute approximate surface area is 192 Å². The fraction of sp³-hybridized carbons (Fsp3) is 0.320. The van der Waals surface area contributed by atoms with Gasteiger partial charge < -0.3 is 15.0 Å². The fourth-order valence-electron chi connectivity index (χ4n) is 5.42. The minimum absolute atomic E-state index is 0.162. The molecule has 1 amide bonds. The zero-order chi connectivity index (χ0) is 23.7. The Bertz CT molecular complexity index is 1560. The SMILES string of the molecule is Cc1cc2c(cc1C(=O)N1CCc3cc(F)c(F)cc31)[nH]c(=O)c1cnc([C@H]3CCC[C@@H]3O)n12. The average Bonchev–Trinajstić information content (AvgIpc) is 3.52. The van der Waals surface area contributed by atoms with Crippen LogP contribution in [0.1, 0.15) is 52.5 Å². The van der Waals surface area contributed by atoms with Gasteiger partial charge in [0.2, 0.25) is 0 Å². The molecule has 174 valence electrons. The molecule has 3 heterocycles. The third-order valence-corrected chi connectivity index (χ3v) is 7.16. The topological polar surface area (TPSA) is 90.7 Å². The van der Waals surface area contributed by atoms with E-state index in [1.807, 2.05) is 6.07 Å². The molecule has 6 rings (SSSR count). The number of aromatic nitrogens is 3. The zero-order valence-electron chi connectivity index (χ0n) is 18.4. The van der Waals surface area contributed by atoms with E-state index in [0.29, 0.717) is 64.1 Å². The van der Waals surface area contributed by atoms with E-state index in [1.54, 1.807) is 17.4 Å². The van der Waals surface area contributed by atoms with E-state index in [1.165, 1.54) is 11.1 Å². The van der Waals surface area contributed by atoms with Crippen LogP contribution in [0, 0.1) is 18.6 Å². The van der Waals surface area contributed by atoms with Crippen molar-refractivity contribution in [2.75, 3.05) is 11.4 Å². The highest BCUT2D eigenvalue weighted by atomic mass is 19.2. The number of H-pyrrole nitrogens is 1. The van der Waals surface area contributed by atoms with Crippen molar-refractivity contribution in [2.24, 2.45) is 0 Å². The Morgan fingerprint density at radius 1 is 1.15 bits per heavy atom. The zero-order valence-corrected chi connectivity index (χ0v) is 18.4. The molecule has 1 aliphatic heterocycles. The van der Waals surface area contributed by atoms with Gasteiger partial charge in [0, 0.05) is 24.1 Å². The molecule has 4 aromatic rings. The van der Waals surface area contributed by atoms with Crippen molar-refractivity contribution in [3.63, 3.8) is 0 Å². The molecule has 1 aliphatic carbocycles. The van der Waals surface area contributed by atoms with Gasteiger partial charge in [-0.3, -0.25) is 14.0 Å². The lowest BCUT2D eigenvalue weighted by molar-refractivity contribution is 0.0989. The van der Waals surface area contributed by atoms with Crippen LogP contribution < -0.4 is 10.5 Å². The van der Waals surface area contributed by atoms with Crippen LogP contribution >= 0.6 is 0 Å². The summed E-state index contributed by atoms with van der Waals surface area (Å²) in [5.74, 6) is -1.80. The Morgan fingerprint density at radius 2 is 1.94 bits per heavy atom. The van der Waals surface area contributed by atoms with E-state index in [2.05, 4.69) is 9.97 Å². The number of rotatable bonds is 2. The Kier molecular flexibility index (Phi) is 4.60. The molecule has 2 aliphatic rings. The average molecular weight is 464 g/mol. The van der Waals surface area contributed by atoms with Crippen LogP contribution in [-0.4, -0.2) is 38.0 Å². The molecule has 2 N–H and O–H groups in total. The standard InChI is InChI=1S/C25H22F2N4O3/c1-12-7-20-18(29-24(33)21-11-28-23(31(20)21)14-3-2-4-22(14)32)9-15(12)25(34)30-6-5-13-8-16(26)17(27)10-19(13)30/h7-11,14,22,32H,2-6H2,1H3,(H,29,33)/t14-,22-/m0/s1. The number of nitrogens with one attached hydrogen (secondary N) is 1. The number of aromatic amines is 1. The number of aryl methyl sites for hydroxylation is 1. The molecule has 7 nitrogen and oxygen atoms in total. The van der Waals surface area contributed by atoms with Gasteiger partial charge in [0.15, 0.2) is 11.6 Å². The lowest BCUT2D eigenvalue weighted by Crippen LogP contribution is -2.29. The summed E-state index contributed by atoms with van der Waals surface area (Å²) in [7, 11) is 0. The van der Waals surface area contributed by atoms with Gasteiger partial charge in [-0.15, -0.1) is 0 Å². The lowest BCUT2D eigenvalue weighted by Gasteiger charge is -2.20. The number of carbonyl (C=O) groups is 1. The minimum Gasteiger partial charge on any atom is -0.392 e. The van der Waals surface area contributed by atoms with Crippen molar-refractivity contribution < 1.29 is 18.7 Å². The number of halogens is 2. The largest absolute Gasteiger partial charge is 0.392 e. The lowest BCUT2D eigenvalue weighted by atomic mass is 10.0. The molecule has 1 saturated carbocycles. The fourth-order valence-corrected chi connectivity index (χ4v) is 5.42. The molecular formula is C25H22F2N4O3. The van der Waals surface area contributed by atoms with Gasteiger partial charge in [-0.2, -0.15) is 0 Å². The minimum atomic E-state index is -0.998. The molecule has 34 heavy (non-hydrogen) atoms. The quantitative estimate of drug-likeness (QED) is 0.474. The van der Waals surface area contributed by atoms with Gasteiger partial charge in [0.25, 0.3) is 11.5 Å². The monoisotopic (exact) mass is 464 g/mol. The first-order valence-corrected chi connectivity index (χ1v) is 11.4. The van der Waals surface area contributed by atoms with Gasteiger partial charge in [-0.05, 0) is 55.5 Å². The second-order valence-electron chi connectivity index (χ2n) is 9.18. The predicted molar refractivity (Wildman–Crippen MR) is 122 cm³/mol. The van der Waals surface area contributed by atoms with E-state index in [4.69, 9.17) is 0 Å². The maximum atomic E-state index is 13.9. The van der Waals surface area contributed by atoms with Crippen molar-refractivity contribution in [2.45, 2.75) is 44.6 Å². The van der Waals surface area contributed by atoms with Gasteiger partial charge >= 0.3 is 0 Å². The van der Waals surface area contributed by atoms with Crippen LogP contribution in [0.3, 0.4) is 0 Å². The molecule has 0 unspecified atom stereocenters. The Morgan fingerprint density at radius 3 is 2.71 bits per heavy atom. The maximum absolute atomic E-state index is 13.9. The van der Waals surface area contributed by atoms with Crippen LogP contribution in [0.25, 0.3) is 16.6 Å². The number of hydrogen-bond acceptors (Lipinski definition) is 4. The number of imidazole rings is 1. The molecule has 1 fully saturated rings. The molecule has 0 spiro atoms. The van der Waals surface area contributed by atoms with E-state index in [-0.39, 0.29) is 17.4 Å². The van der Waals surface area contributed by atoms with Crippen molar-refractivity contribution in [1.82, 2.24) is 14.4 Å². The number of nitrogens with zero attached hydrogens (tertiary/aromatic N) is 3. The number of fused-ring (bicyclic) bond motifs is 4. The summed E-state index contributed by atoms with van der Waals surface area (Å²) in [5.41, 5.74) is 3.17. The number of anilines is 1. The second-order valence-corrected chi connectivity index (χ2v) is 9.18. The third-order valence-electron chi connectivity index (χ3n) is 7.16. The Balaban J connectivity index is 1.49. The van der Waals surface area contributed by atoms with Crippen molar-refractivity contribution in [3.8, 4) is 0 Å². The van der Waals surface area contributed by atoms with Crippen molar-refractivity contribution >= 4 is 28.1 Å². The van der Waals surface area contributed by atoms with Gasteiger partial charge in [0.1, 0.15) is 11.3 Å². The highest BCUT2D eigenvalue weighted by Crippen LogP contribution is 2.36. The van der Waals surface area contributed by atoms with Crippen molar-refractivity contribution in [3.05, 3.63) is 75.0 Å². The Hall–Kier alpha value is -3.59. The molecule has 0 saturated heterocycles. The van der Waals surface area contributed by atoms with Gasteiger partial charge in [-0.25, -0.2) is 13.8 Å². The summed E-state index contributed by atoms with van der Waals surface area (Å²) in [6.07, 6.45) is 3.81. The van der Waals surface area contributed by atoms with E-state index < -0.39 is 17.7 Å². The number of carbonyl (C=O) groups excluding carboxylic acids is 1. The van der Waals surface area contributed by atoms with Gasteiger partial charge in [-0.1, -0.05) is 6.42 Å². The number of hydrogen-bond donors (Lipinski definition) is 2. The summed E-state index contributed by atoms with van der Waals surface area (Å²) < 4.78 is 29.3. The van der Waals surface area contributed by atoms with Crippen LogP contribution in [-0.2, 0) is 6.42 Å². The number of amides is 1. The number of aliphatic hydroxyl groups is 1. The first-order chi connectivity index (χ1) is 16.3. The highest BCUT2D eigenvalue weighted by molar-refractivity contribution is 6.09. The van der Waals surface area contributed by atoms with Crippen LogP contribution in [0.15, 0.2) is 35.3 Å². The van der Waals surface area contributed by atoms with Crippen LogP contribution in [0.4, 0.5) is 14.5 Å². The molecule has 0 radical (unpaired) electrons. The normalized spacial score (nSPS) is 19.9. The molecule has 9 heteroatoms. The second kappa shape index (κ2) is 7.46. The summed E-state index contributed by atoms with van der Waals surface area (Å²) in [5, 5.41) is 10.4. The maximum Gasteiger partial charge on any atom is 0.274 e. The van der Waals surface area contributed by atoms with E-state index in [9.17, 15) is 23.5 Å². The smallest absolute Gasteiger partial charge is 0.274 e.